The molecule has 0 aliphatic carbocycles. The van der Waals surface area contributed by atoms with Crippen LogP contribution in [0, 0.1) is 0 Å². The first-order valence-electron chi connectivity index (χ1n) is 4.24. The van der Waals surface area contributed by atoms with Crippen LogP contribution in [0.3, 0.4) is 0 Å². The smallest absolute Gasteiger partial charge is 0.294 e. The van der Waals surface area contributed by atoms with Crippen molar-refractivity contribution >= 4 is 31.7 Å². The first kappa shape index (κ1) is 11.1. The minimum atomic E-state index is -4.18. The largest absolute Gasteiger partial charge is 0.320 e. The van der Waals surface area contributed by atoms with E-state index in [-0.39, 0.29) is 4.90 Å². The zero-order valence-electron chi connectivity index (χ0n) is 8.28. The van der Waals surface area contributed by atoms with Crippen LogP contribution < -0.4 is 10.6 Å². The number of thiazole rings is 1. The van der Waals surface area contributed by atoms with Crippen LogP contribution in [-0.4, -0.2) is 17.5 Å². The van der Waals surface area contributed by atoms with Gasteiger partial charge >= 0.3 is 0 Å². The monoisotopic (exact) mass is 259 g/mol. The fourth-order valence-electron chi connectivity index (χ4n) is 1.39. The number of fused-ring (bicyclic) bond motifs is 1. The van der Waals surface area contributed by atoms with Crippen molar-refractivity contribution in [2.45, 2.75) is 4.90 Å². The van der Waals surface area contributed by atoms with Gasteiger partial charge < -0.3 is 10.4 Å². The zero-order chi connectivity index (χ0) is 11.9. The minimum Gasteiger partial charge on any atom is -0.320 e. The molecule has 0 radical (unpaired) electrons. The predicted molar refractivity (Wildman–Crippen MR) is 60.4 cm³/mol. The number of aromatic nitrogens is 1. The highest BCUT2D eigenvalue weighted by atomic mass is 32.2. The Morgan fingerprint density at radius 2 is 2.19 bits per heavy atom. The molecule has 1 aromatic heterocycles. The maximum absolute atomic E-state index is 11.0. The number of hydrogen-bond donors (Lipinski definition) is 2. The quantitative estimate of drug-likeness (QED) is 0.436. The van der Waals surface area contributed by atoms with Gasteiger partial charge in [-0.25, -0.2) is 0 Å². The molecule has 86 valence electrons. The van der Waals surface area contributed by atoms with Gasteiger partial charge in [-0.15, -0.1) is 0 Å². The van der Waals surface area contributed by atoms with Gasteiger partial charge in [-0.2, -0.15) is 13.5 Å². The Labute approximate surface area is 95.4 Å². The molecule has 0 aliphatic rings. The summed E-state index contributed by atoms with van der Waals surface area (Å²) >= 11 is 1.34. The van der Waals surface area contributed by atoms with Crippen molar-refractivity contribution in [1.82, 2.24) is 4.57 Å². The van der Waals surface area contributed by atoms with E-state index in [0.717, 1.165) is 4.70 Å². The number of nitrogens with zero attached hydrogens (tertiary/aromatic N) is 2. The van der Waals surface area contributed by atoms with Crippen LogP contribution in [0.4, 0.5) is 0 Å². The summed E-state index contributed by atoms with van der Waals surface area (Å²) in [5, 5.41) is 3.57. The summed E-state index contributed by atoms with van der Waals surface area (Å²) in [6, 6.07) is 4.34. The zero-order valence-corrected chi connectivity index (χ0v) is 9.92. The molecule has 6 nitrogen and oxygen atoms in total. The van der Waals surface area contributed by atoms with Crippen LogP contribution in [0.5, 0.6) is 0 Å². The van der Waals surface area contributed by atoms with Gasteiger partial charge in [0.15, 0.2) is 0 Å². The standard InChI is InChI=1S/C8H9N3O3S2/c1-11-6-4-5(16(12,13)14)2-3-7(6)15-8(11)10-9/h2-4H,9H2,1H3,(H,12,13,14). The van der Waals surface area contributed by atoms with Crippen molar-refractivity contribution in [1.29, 1.82) is 0 Å². The molecule has 0 amide bonds. The summed E-state index contributed by atoms with van der Waals surface area (Å²) in [6.45, 7) is 0. The molecular formula is C8H9N3O3S2. The van der Waals surface area contributed by atoms with E-state index < -0.39 is 10.1 Å². The van der Waals surface area contributed by atoms with E-state index >= 15 is 0 Å². The van der Waals surface area contributed by atoms with Gasteiger partial charge in [0.05, 0.1) is 15.1 Å². The summed E-state index contributed by atoms with van der Waals surface area (Å²) in [6.07, 6.45) is 0. The lowest BCUT2D eigenvalue weighted by atomic mass is 10.3. The van der Waals surface area contributed by atoms with E-state index in [4.69, 9.17) is 10.4 Å². The third-order valence-corrected chi connectivity index (χ3v) is 4.16. The number of aryl methyl sites for hydroxylation is 1. The Morgan fingerprint density at radius 3 is 2.75 bits per heavy atom. The van der Waals surface area contributed by atoms with E-state index in [1.807, 2.05) is 0 Å². The molecule has 1 aromatic carbocycles. The molecular weight excluding hydrogens is 250 g/mol. The highest BCUT2D eigenvalue weighted by Gasteiger charge is 2.12. The first-order chi connectivity index (χ1) is 7.43. The molecule has 0 bridgehead atoms. The lowest BCUT2D eigenvalue weighted by molar-refractivity contribution is 0.483. The summed E-state index contributed by atoms with van der Waals surface area (Å²) in [5.74, 6) is 5.19. The second-order valence-electron chi connectivity index (χ2n) is 3.18. The van der Waals surface area contributed by atoms with Crippen molar-refractivity contribution in [2.24, 2.45) is 18.0 Å². The van der Waals surface area contributed by atoms with Crippen molar-refractivity contribution in [3.05, 3.63) is 23.0 Å². The normalized spacial score (nSPS) is 13.5. The summed E-state index contributed by atoms with van der Waals surface area (Å²) in [5.41, 5.74) is 0.657. The number of rotatable bonds is 1. The minimum absolute atomic E-state index is 0.142. The average Bonchev–Trinajstić information content (AvgIpc) is 2.54. The number of hydrogen-bond acceptors (Lipinski definition) is 5. The second kappa shape index (κ2) is 3.58. The molecule has 2 rings (SSSR count). The summed E-state index contributed by atoms with van der Waals surface area (Å²) in [4.78, 5) is 0.430. The van der Waals surface area contributed by atoms with Crippen molar-refractivity contribution in [2.75, 3.05) is 0 Å². The first-order valence-corrected chi connectivity index (χ1v) is 6.50. The van der Waals surface area contributed by atoms with E-state index in [0.29, 0.717) is 10.3 Å². The summed E-state index contributed by atoms with van der Waals surface area (Å²) in [7, 11) is -2.46. The van der Waals surface area contributed by atoms with Crippen molar-refractivity contribution in [3.63, 3.8) is 0 Å². The lowest BCUT2D eigenvalue weighted by Gasteiger charge is -1.98. The van der Waals surface area contributed by atoms with Crippen LogP contribution in [-0.2, 0) is 17.2 Å². The average molecular weight is 259 g/mol. The van der Waals surface area contributed by atoms with E-state index in [9.17, 15) is 8.42 Å². The lowest BCUT2D eigenvalue weighted by Crippen LogP contribution is -2.12. The molecule has 0 unspecified atom stereocenters. The Bertz CT molecular complexity index is 712. The second-order valence-corrected chi connectivity index (χ2v) is 5.61. The Balaban J connectivity index is 2.86. The third kappa shape index (κ3) is 1.70. The van der Waals surface area contributed by atoms with Crippen molar-refractivity contribution < 1.29 is 13.0 Å². The molecule has 0 saturated carbocycles. The van der Waals surface area contributed by atoms with Gasteiger partial charge in [-0.1, -0.05) is 11.3 Å². The molecule has 3 N–H and O–H groups in total. The molecule has 16 heavy (non-hydrogen) atoms. The molecule has 0 atom stereocenters. The van der Waals surface area contributed by atoms with Crippen LogP contribution in [0.15, 0.2) is 28.2 Å². The molecule has 0 saturated heterocycles. The van der Waals surface area contributed by atoms with Crippen LogP contribution in [0.2, 0.25) is 0 Å². The highest BCUT2D eigenvalue weighted by Crippen LogP contribution is 2.20. The molecule has 8 heteroatoms. The fourth-order valence-corrected chi connectivity index (χ4v) is 2.81. The Kier molecular flexibility index (Phi) is 2.49. The van der Waals surface area contributed by atoms with E-state index in [2.05, 4.69) is 5.10 Å². The maximum Gasteiger partial charge on any atom is 0.294 e. The molecule has 0 spiro atoms. The van der Waals surface area contributed by atoms with Gasteiger partial charge in [0.2, 0.25) is 4.80 Å². The fraction of sp³-hybridized carbons (Fsp3) is 0.125. The molecule has 0 fully saturated rings. The van der Waals surface area contributed by atoms with Gasteiger partial charge in [0.1, 0.15) is 0 Å². The van der Waals surface area contributed by atoms with Gasteiger partial charge in [0.25, 0.3) is 10.1 Å². The number of nitrogens with two attached hydrogens (primary N) is 1. The van der Waals surface area contributed by atoms with Crippen molar-refractivity contribution in [3.8, 4) is 0 Å². The molecule has 2 aromatic rings. The molecule has 1 heterocycles. The highest BCUT2D eigenvalue weighted by molar-refractivity contribution is 7.85. The summed E-state index contributed by atoms with van der Waals surface area (Å²) < 4.78 is 33.4. The van der Waals surface area contributed by atoms with Crippen LogP contribution in [0.1, 0.15) is 0 Å². The topological polar surface area (TPSA) is 97.7 Å². The third-order valence-electron chi connectivity index (χ3n) is 2.19. The Morgan fingerprint density at radius 1 is 1.50 bits per heavy atom. The Hall–Kier alpha value is -1.38. The SMILES string of the molecule is Cn1c(=NN)sc2ccc(S(=O)(=O)O)cc21. The van der Waals surface area contributed by atoms with E-state index in [1.165, 1.54) is 23.5 Å². The molecule has 0 aliphatic heterocycles. The van der Waals surface area contributed by atoms with Crippen LogP contribution in [0.25, 0.3) is 10.2 Å². The van der Waals surface area contributed by atoms with Gasteiger partial charge in [-0.05, 0) is 18.2 Å². The number of benzene rings is 1. The van der Waals surface area contributed by atoms with E-state index in [1.54, 1.807) is 17.7 Å². The predicted octanol–water partition coefficient (Wildman–Crippen LogP) is 0.261. The maximum atomic E-state index is 11.0. The van der Waals surface area contributed by atoms with Crippen LogP contribution >= 0.6 is 11.3 Å². The van der Waals surface area contributed by atoms with Gasteiger partial charge in [-0.3, -0.25) is 4.55 Å². The van der Waals surface area contributed by atoms with Gasteiger partial charge in [0, 0.05) is 7.05 Å².